The number of rotatable bonds is 29. The van der Waals surface area contributed by atoms with Crippen molar-refractivity contribution in [2.45, 2.75) is 183 Å². The summed E-state index contributed by atoms with van der Waals surface area (Å²) >= 11 is 0. The molecule has 0 atom stereocenters. The van der Waals surface area contributed by atoms with Gasteiger partial charge in [0, 0.05) is 0 Å². The Hall–Kier alpha value is -1.82. The zero-order valence-electron chi connectivity index (χ0n) is 30.8. The van der Waals surface area contributed by atoms with Crippen LogP contribution in [0.4, 0.5) is 0 Å². The van der Waals surface area contributed by atoms with Gasteiger partial charge in [-0.2, -0.15) is 0 Å². The largest absolute Gasteiger partial charge is 0.0885 e. The Labute approximate surface area is 279 Å². The van der Waals surface area contributed by atoms with Crippen molar-refractivity contribution in [3.05, 3.63) is 85.1 Å². The third-order valence-corrected chi connectivity index (χ3v) is 7.55. The van der Waals surface area contributed by atoms with Crippen LogP contribution in [0, 0.1) is 11.8 Å². The SMILES string of the molecule is CC/C=C\C/C=C\C/C=C\C/C=C\C/C=C\C/C=C\CCC(C)C.CCCCCCCC/C=C/CCCCCCCC(C)C. The second-order valence-corrected chi connectivity index (χ2v) is 13.2. The third kappa shape index (κ3) is 47.1. The molecular weight excluding hydrogens is 528 g/mol. The Morgan fingerprint density at radius 1 is 0.318 bits per heavy atom. The van der Waals surface area contributed by atoms with Crippen LogP contribution in [-0.2, 0) is 0 Å². The second-order valence-electron chi connectivity index (χ2n) is 13.2. The molecule has 0 radical (unpaired) electrons. The highest BCUT2D eigenvalue weighted by molar-refractivity contribution is 5.01. The average Bonchev–Trinajstić information content (AvgIpc) is 3.00. The molecule has 0 unspecified atom stereocenters. The number of unbranched alkanes of at least 4 members (excludes halogenated alkanes) is 11. The van der Waals surface area contributed by atoms with Crippen LogP contribution in [0.5, 0.6) is 0 Å². The van der Waals surface area contributed by atoms with Crippen LogP contribution in [0.2, 0.25) is 0 Å². The van der Waals surface area contributed by atoms with Crippen LogP contribution in [0.3, 0.4) is 0 Å². The Morgan fingerprint density at radius 2 is 0.659 bits per heavy atom. The molecule has 0 aromatic carbocycles. The molecule has 0 aliphatic heterocycles. The van der Waals surface area contributed by atoms with Crippen molar-refractivity contribution in [1.29, 1.82) is 0 Å². The molecule has 0 saturated heterocycles. The summed E-state index contributed by atoms with van der Waals surface area (Å²) in [5, 5.41) is 0. The molecule has 44 heavy (non-hydrogen) atoms. The van der Waals surface area contributed by atoms with Gasteiger partial charge >= 0.3 is 0 Å². The second kappa shape index (κ2) is 41.2. The zero-order valence-corrected chi connectivity index (χ0v) is 30.8. The van der Waals surface area contributed by atoms with Gasteiger partial charge in [0.15, 0.2) is 0 Å². The molecule has 0 aliphatic carbocycles. The maximum Gasteiger partial charge on any atom is -0.0169 e. The molecule has 0 aromatic heterocycles. The summed E-state index contributed by atoms with van der Waals surface area (Å²) in [6.45, 7) is 13.7. The predicted octanol–water partition coefficient (Wildman–Crippen LogP) is 15.8. The molecule has 0 bridgehead atoms. The normalized spacial score (nSPS) is 12.7. The molecule has 254 valence electrons. The van der Waals surface area contributed by atoms with Crippen molar-refractivity contribution in [3.8, 4) is 0 Å². The summed E-state index contributed by atoms with van der Waals surface area (Å²) in [7, 11) is 0. The molecule has 0 saturated carbocycles. The summed E-state index contributed by atoms with van der Waals surface area (Å²) in [5.74, 6) is 1.70. The lowest BCUT2D eigenvalue weighted by Gasteiger charge is -2.03. The molecule has 0 heteroatoms. The van der Waals surface area contributed by atoms with Crippen molar-refractivity contribution in [3.63, 3.8) is 0 Å². The van der Waals surface area contributed by atoms with Gasteiger partial charge in [0.2, 0.25) is 0 Å². The summed E-state index contributed by atoms with van der Waals surface area (Å²) in [5.41, 5.74) is 0. The Morgan fingerprint density at radius 3 is 1.07 bits per heavy atom. The Balaban J connectivity index is 0. The van der Waals surface area contributed by atoms with Crippen molar-refractivity contribution in [1.82, 2.24) is 0 Å². The van der Waals surface area contributed by atoms with Crippen molar-refractivity contribution in [2.75, 3.05) is 0 Å². The standard InChI is InChI=1S/C24H38.C20H40/c1-4-5-6-7-8-9-10-11-12-13-14-15-16-17-18-19-20-21-22-23-24(2)3;1-4-5-6-7-8-9-10-11-12-13-14-15-16-17-18-19-20(2)3/h5-6,8-9,11-12,14-15,17-18,20-21,24H,4,7,10,13,16,19,22-23H2,1-3H3;11-12,20H,4-10,13-19H2,1-3H3/b6-5-,9-8-,12-11-,15-14-,18-17-,21-20-;12-11+. The fourth-order valence-electron chi connectivity index (χ4n) is 4.69. The van der Waals surface area contributed by atoms with E-state index in [0.29, 0.717) is 0 Å². The van der Waals surface area contributed by atoms with Crippen LogP contribution >= 0.6 is 0 Å². The van der Waals surface area contributed by atoms with Crippen LogP contribution in [0.25, 0.3) is 0 Å². The smallest absolute Gasteiger partial charge is 0.0169 e. The number of hydrogen-bond donors (Lipinski definition) is 0. The quantitative estimate of drug-likeness (QED) is 0.0587. The Bertz CT molecular complexity index is 721. The summed E-state index contributed by atoms with van der Waals surface area (Å²) in [6, 6.07) is 0. The topological polar surface area (TPSA) is 0 Å². The van der Waals surface area contributed by atoms with Crippen LogP contribution in [-0.4, -0.2) is 0 Å². The Kier molecular flexibility index (Phi) is 41.5. The lowest BCUT2D eigenvalue weighted by Crippen LogP contribution is -1.87. The van der Waals surface area contributed by atoms with Crippen LogP contribution in [0.1, 0.15) is 183 Å². The first-order valence-electron chi connectivity index (χ1n) is 19.1. The van der Waals surface area contributed by atoms with E-state index in [1.54, 1.807) is 0 Å². The molecule has 0 N–H and O–H groups in total. The monoisotopic (exact) mass is 607 g/mol. The molecule has 0 fully saturated rings. The van der Waals surface area contributed by atoms with Gasteiger partial charge in [-0.15, -0.1) is 0 Å². The van der Waals surface area contributed by atoms with E-state index in [0.717, 1.165) is 50.4 Å². The van der Waals surface area contributed by atoms with Crippen LogP contribution in [0.15, 0.2) is 85.1 Å². The molecule has 0 aliphatic rings. The maximum absolute atomic E-state index is 2.42. The van der Waals surface area contributed by atoms with Crippen molar-refractivity contribution in [2.24, 2.45) is 11.8 Å². The highest BCUT2D eigenvalue weighted by atomic mass is 14.0. The van der Waals surface area contributed by atoms with Gasteiger partial charge in [-0.05, 0) is 88.9 Å². The minimum atomic E-state index is 0.809. The van der Waals surface area contributed by atoms with E-state index in [1.165, 1.54) is 103 Å². The van der Waals surface area contributed by atoms with E-state index in [4.69, 9.17) is 0 Å². The van der Waals surface area contributed by atoms with E-state index in [9.17, 15) is 0 Å². The average molecular weight is 607 g/mol. The van der Waals surface area contributed by atoms with Crippen LogP contribution < -0.4 is 0 Å². The minimum absolute atomic E-state index is 0.809. The third-order valence-electron chi connectivity index (χ3n) is 7.55. The van der Waals surface area contributed by atoms with E-state index in [2.05, 4.69) is 127 Å². The summed E-state index contributed by atoms with van der Waals surface area (Å²) < 4.78 is 0. The van der Waals surface area contributed by atoms with E-state index >= 15 is 0 Å². The van der Waals surface area contributed by atoms with Gasteiger partial charge in [-0.25, -0.2) is 0 Å². The molecule has 0 amide bonds. The fraction of sp³-hybridized carbons (Fsp3) is 0.682. The molecular formula is C44H78. The number of hydrogen-bond acceptors (Lipinski definition) is 0. The molecule has 0 heterocycles. The highest BCUT2D eigenvalue weighted by Gasteiger charge is 1.94. The maximum atomic E-state index is 2.42. The molecule has 0 rings (SSSR count). The first-order chi connectivity index (χ1) is 21.5. The summed E-state index contributed by atoms with van der Waals surface area (Å²) in [6.07, 6.45) is 60.3. The van der Waals surface area contributed by atoms with Gasteiger partial charge in [0.1, 0.15) is 0 Å². The van der Waals surface area contributed by atoms with Gasteiger partial charge in [-0.3, -0.25) is 0 Å². The van der Waals surface area contributed by atoms with Gasteiger partial charge in [0.25, 0.3) is 0 Å². The van der Waals surface area contributed by atoms with Gasteiger partial charge in [0.05, 0.1) is 0 Å². The minimum Gasteiger partial charge on any atom is -0.0885 e. The highest BCUT2D eigenvalue weighted by Crippen LogP contribution is 2.12. The fourth-order valence-corrected chi connectivity index (χ4v) is 4.69. The first-order valence-corrected chi connectivity index (χ1v) is 19.1. The number of allylic oxidation sites excluding steroid dienone is 14. The van der Waals surface area contributed by atoms with E-state index in [1.807, 2.05) is 0 Å². The molecule has 0 aromatic rings. The molecule has 0 nitrogen and oxygen atoms in total. The van der Waals surface area contributed by atoms with Gasteiger partial charge < -0.3 is 0 Å². The van der Waals surface area contributed by atoms with E-state index in [-0.39, 0.29) is 0 Å². The molecule has 0 spiro atoms. The lowest BCUT2D eigenvalue weighted by molar-refractivity contribution is 0.516. The van der Waals surface area contributed by atoms with Gasteiger partial charge in [-0.1, -0.05) is 191 Å². The zero-order chi connectivity index (χ0) is 32.6. The van der Waals surface area contributed by atoms with Crippen molar-refractivity contribution >= 4 is 0 Å². The van der Waals surface area contributed by atoms with E-state index < -0.39 is 0 Å². The van der Waals surface area contributed by atoms with Crippen molar-refractivity contribution < 1.29 is 0 Å². The lowest BCUT2D eigenvalue weighted by atomic mass is 10.0. The predicted molar refractivity (Wildman–Crippen MR) is 207 cm³/mol. The first kappa shape index (κ1) is 44.3. The summed E-state index contributed by atoms with van der Waals surface area (Å²) in [4.78, 5) is 0.